The van der Waals surface area contributed by atoms with Crippen LogP contribution in [0.2, 0.25) is 0 Å². The van der Waals surface area contributed by atoms with E-state index in [1.54, 1.807) is 11.4 Å². The standard InChI is InChI=1S/C15H3B8N3O4/c16-5-2(1-24)6(17)9(20)7(18)3(5)4-8(19)11(27)10(25-12(4)21)13(28)26-15(22,23)14(29)30/h27H,(H,26,28)(H,29,30). The van der Waals surface area contributed by atoms with E-state index in [1.165, 1.54) is 0 Å². The van der Waals surface area contributed by atoms with E-state index in [2.05, 4.69) is 4.98 Å². The number of carbonyl (C=O) groups excluding carboxylic acids is 1. The van der Waals surface area contributed by atoms with Crippen LogP contribution < -0.4 is 38.2 Å². The number of carbonyl (C=O) groups is 2. The Bertz CT molecular complexity index is 1150. The number of carboxylic acid groups (broad SMARTS) is 1. The first-order valence-corrected chi connectivity index (χ1v) is 7.84. The summed E-state index contributed by atoms with van der Waals surface area (Å²) in [5.74, 6) is -3.97. The number of hydrogen-bond acceptors (Lipinski definition) is 5. The van der Waals surface area contributed by atoms with Gasteiger partial charge in [-0.15, -0.1) is 5.46 Å². The number of rotatable bonds is 4. The van der Waals surface area contributed by atoms with E-state index >= 15 is 0 Å². The van der Waals surface area contributed by atoms with Crippen LogP contribution in [-0.2, 0) is 4.79 Å². The lowest BCUT2D eigenvalue weighted by Crippen LogP contribution is -2.56. The number of aromatic nitrogens is 1. The Kier molecular flexibility index (Phi) is 6.31. The number of aromatic hydroxyl groups is 1. The summed E-state index contributed by atoms with van der Waals surface area (Å²) in [5, 5.41) is 27.6. The number of amides is 1. The van der Waals surface area contributed by atoms with Crippen molar-refractivity contribution in [2.75, 3.05) is 0 Å². The number of nitrogens with zero attached hydrogens (tertiary/aromatic N) is 2. The van der Waals surface area contributed by atoms with Gasteiger partial charge in [-0.2, -0.15) is 5.26 Å². The molecule has 3 N–H and O–H groups in total. The van der Waals surface area contributed by atoms with E-state index < -0.39 is 39.7 Å². The van der Waals surface area contributed by atoms with Crippen LogP contribution in [0.1, 0.15) is 16.1 Å². The molecule has 0 saturated carbocycles. The molecule has 0 bridgehead atoms. The summed E-state index contributed by atoms with van der Waals surface area (Å²) in [6.45, 7) is 0. The van der Waals surface area contributed by atoms with Crippen molar-refractivity contribution in [3.8, 4) is 22.9 Å². The van der Waals surface area contributed by atoms with Crippen LogP contribution in [0.25, 0.3) is 11.1 Å². The SMILES string of the molecule is [B]c1nc(C(=O)NC([B])([B])C(=O)O)c(O)c([B])c1-c1c([B])c([B])c([B])c(C#N)c1[B]. The van der Waals surface area contributed by atoms with Gasteiger partial charge in [0.25, 0.3) is 5.91 Å². The van der Waals surface area contributed by atoms with Crippen molar-refractivity contribution in [3.05, 3.63) is 11.3 Å². The summed E-state index contributed by atoms with van der Waals surface area (Å²) in [7, 11) is 45.7. The quantitative estimate of drug-likeness (QED) is 0.456. The molecule has 16 radical (unpaired) electrons. The number of nitrogens with one attached hydrogen (secondary N) is 1. The molecule has 2 aromatic rings. The third kappa shape index (κ3) is 3.79. The molecule has 1 heterocycles. The van der Waals surface area contributed by atoms with Gasteiger partial charge in [-0.05, 0) is 22.2 Å². The molecular formula is C15H3B8N3O4. The molecule has 0 unspecified atom stereocenters. The second-order valence-corrected chi connectivity index (χ2v) is 6.13. The van der Waals surface area contributed by atoms with E-state index in [-0.39, 0.29) is 38.5 Å². The van der Waals surface area contributed by atoms with Crippen LogP contribution in [0.3, 0.4) is 0 Å². The van der Waals surface area contributed by atoms with Crippen LogP contribution in [-0.4, -0.2) is 95.2 Å². The molecule has 15 heteroatoms. The predicted octanol–water partition coefficient (Wildman–Crippen LogP) is -7.11. The maximum Gasteiger partial charge on any atom is 0.310 e. The van der Waals surface area contributed by atoms with Crippen molar-refractivity contribution in [2.45, 2.75) is 5.34 Å². The molecule has 126 valence electrons. The maximum absolute atomic E-state index is 12.3. The van der Waals surface area contributed by atoms with Gasteiger partial charge in [0.1, 0.15) is 68.5 Å². The molecule has 7 nitrogen and oxygen atoms in total. The molecule has 0 atom stereocenters. The molecule has 0 saturated heterocycles. The third-order valence-corrected chi connectivity index (χ3v) is 4.15. The van der Waals surface area contributed by atoms with Crippen LogP contribution in [0.15, 0.2) is 0 Å². The average molecular weight is 376 g/mol. The zero-order valence-corrected chi connectivity index (χ0v) is 15.2. The fourth-order valence-corrected chi connectivity index (χ4v) is 2.55. The first kappa shape index (κ1) is 23.4. The van der Waals surface area contributed by atoms with Gasteiger partial charge in [-0.25, -0.2) is 0 Å². The van der Waals surface area contributed by atoms with Crippen LogP contribution in [0, 0.1) is 11.3 Å². The first-order valence-electron chi connectivity index (χ1n) is 7.84. The van der Waals surface area contributed by atoms with Gasteiger partial charge < -0.3 is 15.5 Å². The lowest BCUT2D eigenvalue weighted by Gasteiger charge is -2.25. The smallest absolute Gasteiger partial charge is 0.310 e. The lowest BCUT2D eigenvalue weighted by atomic mass is 9.61. The molecular weight excluding hydrogens is 373 g/mol. The summed E-state index contributed by atoms with van der Waals surface area (Å²) in [5.41, 5.74) is -3.14. The Morgan fingerprint density at radius 1 is 0.933 bits per heavy atom. The van der Waals surface area contributed by atoms with E-state index in [0.717, 1.165) is 0 Å². The van der Waals surface area contributed by atoms with Crippen molar-refractivity contribution in [2.24, 2.45) is 0 Å². The van der Waals surface area contributed by atoms with Crippen molar-refractivity contribution < 1.29 is 19.8 Å². The van der Waals surface area contributed by atoms with Gasteiger partial charge in [0.05, 0.1) is 11.4 Å². The summed E-state index contributed by atoms with van der Waals surface area (Å²) in [4.78, 5) is 26.9. The normalized spacial score (nSPS) is 10.9. The highest BCUT2D eigenvalue weighted by atomic mass is 16.4. The zero-order chi connectivity index (χ0) is 23.1. The predicted molar refractivity (Wildman–Crippen MR) is 118 cm³/mol. The molecule has 0 aliphatic rings. The second-order valence-electron chi connectivity index (χ2n) is 6.13. The summed E-state index contributed by atoms with van der Waals surface area (Å²) in [6, 6.07) is 1.76. The molecule has 0 spiro atoms. The van der Waals surface area contributed by atoms with E-state index in [4.69, 9.17) is 67.9 Å². The lowest BCUT2D eigenvalue weighted by molar-refractivity contribution is -0.138. The van der Waals surface area contributed by atoms with Crippen LogP contribution in [0.5, 0.6) is 5.75 Å². The largest absolute Gasteiger partial charge is 0.506 e. The highest BCUT2D eigenvalue weighted by Gasteiger charge is 2.30. The Hall–Kier alpha value is -2.88. The van der Waals surface area contributed by atoms with E-state index in [9.17, 15) is 20.0 Å². The van der Waals surface area contributed by atoms with E-state index in [0.29, 0.717) is 0 Å². The minimum atomic E-state index is -2.67. The molecule has 1 aromatic heterocycles. The molecule has 1 amide bonds. The number of aliphatic carboxylic acids is 1. The molecule has 0 aliphatic heterocycles. The molecule has 1 aromatic carbocycles. The fraction of sp³-hybridized carbons (Fsp3) is 0.0667. The number of nitriles is 1. The number of carboxylic acids is 1. The van der Waals surface area contributed by atoms with Crippen molar-refractivity contribution in [3.63, 3.8) is 0 Å². The highest BCUT2D eigenvalue weighted by Crippen LogP contribution is 2.18. The number of benzene rings is 1. The summed E-state index contributed by atoms with van der Waals surface area (Å²) in [6.07, 6.45) is 0. The Balaban J connectivity index is 2.76. The molecule has 0 fully saturated rings. The fourth-order valence-electron chi connectivity index (χ4n) is 2.55. The Morgan fingerprint density at radius 2 is 1.50 bits per heavy atom. The summed E-state index contributed by atoms with van der Waals surface area (Å²) < 4.78 is 0. The Labute approximate surface area is 182 Å². The average Bonchev–Trinajstić information content (AvgIpc) is 2.65. The van der Waals surface area contributed by atoms with Crippen LogP contribution in [0.4, 0.5) is 0 Å². The topological polar surface area (TPSA) is 123 Å². The number of hydrogen-bond donors (Lipinski definition) is 3. The monoisotopic (exact) mass is 377 g/mol. The van der Waals surface area contributed by atoms with Gasteiger partial charge in [0.15, 0.2) is 5.69 Å². The zero-order valence-electron chi connectivity index (χ0n) is 15.2. The summed E-state index contributed by atoms with van der Waals surface area (Å²) >= 11 is 0. The van der Waals surface area contributed by atoms with Gasteiger partial charge in [-0.3, -0.25) is 14.6 Å². The van der Waals surface area contributed by atoms with Gasteiger partial charge in [0.2, 0.25) is 0 Å². The number of pyridine rings is 1. The molecule has 2 rings (SSSR count). The van der Waals surface area contributed by atoms with Crippen molar-refractivity contribution in [1.29, 1.82) is 5.26 Å². The minimum absolute atomic E-state index is 0.138. The van der Waals surface area contributed by atoms with Gasteiger partial charge >= 0.3 is 5.97 Å². The molecule has 0 aliphatic carbocycles. The van der Waals surface area contributed by atoms with Crippen molar-refractivity contribution >= 4 is 108 Å². The van der Waals surface area contributed by atoms with E-state index in [1.807, 2.05) is 0 Å². The molecule has 30 heavy (non-hydrogen) atoms. The van der Waals surface area contributed by atoms with Gasteiger partial charge in [-0.1, -0.05) is 16.4 Å². The maximum atomic E-state index is 12.3. The minimum Gasteiger partial charge on any atom is -0.506 e. The highest BCUT2D eigenvalue weighted by molar-refractivity contribution is 6.63. The van der Waals surface area contributed by atoms with Crippen molar-refractivity contribution in [1.82, 2.24) is 10.3 Å². The Morgan fingerprint density at radius 3 is 2.00 bits per heavy atom. The second kappa shape index (κ2) is 8.10. The first-order chi connectivity index (χ1) is 13.8. The van der Waals surface area contributed by atoms with Gasteiger partial charge in [0, 0.05) is 5.56 Å². The third-order valence-electron chi connectivity index (χ3n) is 4.15. The van der Waals surface area contributed by atoms with Crippen LogP contribution >= 0.6 is 0 Å².